The Morgan fingerprint density at radius 2 is 2.08 bits per heavy atom. The predicted molar refractivity (Wildman–Crippen MR) is 92.5 cm³/mol. The van der Waals surface area contributed by atoms with Crippen LogP contribution in [0.3, 0.4) is 0 Å². The lowest BCUT2D eigenvalue weighted by molar-refractivity contribution is 0.0857. The maximum Gasteiger partial charge on any atom is 0.251 e. The molecule has 1 aromatic carbocycles. The summed E-state index contributed by atoms with van der Waals surface area (Å²) in [5.41, 5.74) is 2.92. The van der Waals surface area contributed by atoms with E-state index in [2.05, 4.69) is 15.6 Å². The second-order valence-electron chi connectivity index (χ2n) is 6.01. The summed E-state index contributed by atoms with van der Waals surface area (Å²) >= 11 is 0. The Bertz CT molecular complexity index is 655. The zero-order chi connectivity index (χ0) is 16.6. The number of ether oxygens (including phenoxy) is 1. The van der Waals surface area contributed by atoms with Gasteiger partial charge < -0.3 is 15.4 Å². The third-order valence-corrected chi connectivity index (χ3v) is 4.08. The Morgan fingerprint density at radius 3 is 2.88 bits per heavy atom. The number of rotatable bonds is 7. The van der Waals surface area contributed by atoms with E-state index in [0.717, 1.165) is 37.1 Å². The van der Waals surface area contributed by atoms with Gasteiger partial charge in [0, 0.05) is 44.2 Å². The number of hydrogen-bond acceptors (Lipinski definition) is 4. The van der Waals surface area contributed by atoms with Gasteiger partial charge in [-0.2, -0.15) is 0 Å². The first-order chi connectivity index (χ1) is 11.8. The zero-order valence-corrected chi connectivity index (χ0v) is 13.7. The summed E-state index contributed by atoms with van der Waals surface area (Å²) in [6.07, 6.45) is 5.89. The molecule has 1 fully saturated rings. The average molecular weight is 325 g/mol. The number of nitrogens with zero attached hydrogens (tertiary/aromatic N) is 1. The number of nitrogens with one attached hydrogen (secondary N) is 2. The molecule has 1 atom stereocenters. The van der Waals surface area contributed by atoms with Gasteiger partial charge in [-0.3, -0.25) is 9.78 Å². The van der Waals surface area contributed by atoms with Gasteiger partial charge >= 0.3 is 0 Å². The number of carbonyl (C=O) groups excluding carboxylic acids is 1. The molecule has 0 unspecified atom stereocenters. The summed E-state index contributed by atoms with van der Waals surface area (Å²) in [4.78, 5) is 16.4. The maximum atomic E-state index is 12.3. The second-order valence-corrected chi connectivity index (χ2v) is 6.01. The van der Waals surface area contributed by atoms with Crippen LogP contribution >= 0.6 is 0 Å². The zero-order valence-electron chi connectivity index (χ0n) is 13.7. The van der Waals surface area contributed by atoms with Gasteiger partial charge in [-0.15, -0.1) is 0 Å². The van der Waals surface area contributed by atoms with Crippen LogP contribution in [0.5, 0.6) is 0 Å². The number of aromatic nitrogens is 1. The number of hydrogen-bond donors (Lipinski definition) is 2. The van der Waals surface area contributed by atoms with Crippen molar-refractivity contribution in [2.45, 2.75) is 32.0 Å². The molecular formula is C19H23N3O2. The van der Waals surface area contributed by atoms with Crippen LogP contribution in [0, 0.1) is 0 Å². The quantitative estimate of drug-likeness (QED) is 0.820. The van der Waals surface area contributed by atoms with E-state index in [1.165, 1.54) is 0 Å². The third kappa shape index (κ3) is 4.88. The molecule has 0 spiro atoms. The van der Waals surface area contributed by atoms with Gasteiger partial charge in [0.1, 0.15) is 0 Å². The van der Waals surface area contributed by atoms with Crippen molar-refractivity contribution in [2.75, 3.05) is 13.2 Å². The molecule has 0 aliphatic carbocycles. The highest BCUT2D eigenvalue weighted by molar-refractivity contribution is 5.94. The molecule has 1 saturated heterocycles. The van der Waals surface area contributed by atoms with E-state index in [1.54, 1.807) is 6.20 Å². The summed E-state index contributed by atoms with van der Waals surface area (Å²) < 4.78 is 5.53. The minimum absolute atomic E-state index is 0.0420. The van der Waals surface area contributed by atoms with Gasteiger partial charge in [0.2, 0.25) is 0 Å². The van der Waals surface area contributed by atoms with Gasteiger partial charge in [-0.05, 0) is 42.2 Å². The summed E-state index contributed by atoms with van der Waals surface area (Å²) in [5.74, 6) is -0.0420. The van der Waals surface area contributed by atoms with Crippen molar-refractivity contribution in [1.29, 1.82) is 0 Å². The summed E-state index contributed by atoms with van der Waals surface area (Å²) in [7, 11) is 0. The fourth-order valence-corrected chi connectivity index (χ4v) is 2.79. The number of pyridine rings is 1. The van der Waals surface area contributed by atoms with E-state index in [0.29, 0.717) is 18.7 Å². The third-order valence-electron chi connectivity index (χ3n) is 4.08. The first kappa shape index (κ1) is 16.6. The molecule has 0 radical (unpaired) electrons. The Hall–Kier alpha value is -2.24. The Labute approximate surface area is 142 Å². The van der Waals surface area contributed by atoms with Crippen molar-refractivity contribution < 1.29 is 9.53 Å². The van der Waals surface area contributed by atoms with E-state index in [1.807, 2.05) is 42.6 Å². The van der Waals surface area contributed by atoms with Gasteiger partial charge in [0.05, 0.1) is 6.10 Å². The van der Waals surface area contributed by atoms with Crippen molar-refractivity contribution >= 4 is 5.91 Å². The fourth-order valence-electron chi connectivity index (χ4n) is 2.79. The molecule has 2 aromatic rings. The summed E-state index contributed by atoms with van der Waals surface area (Å²) in [6, 6.07) is 11.7. The Morgan fingerprint density at radius 1 is 1.21 bits per heavy atom. The van der Waals surface area contributed by atoms with Crippen LogP contribution < -0.4 is 10.6 Å². The van der Waals surface area contributed by atoms with Crippen LogP contribution in [-0.4, -0.2) is 30.1 Å². The molecule has 24 heavy (non-hydrogen) atoms. The number of amides is 1. The molecule has 2 N–H and O–H groups in total. The number of benzene rings is 1. The smallest absolute Gasteiger partial charge is 0.251 e. The molecule has 5 nitrogen and oxygen atoms in total. The minimum atomic E-state index is -0.0420. The van der Waals surface area contributed by atoms with Gasteiger partial charge in [0.25, 0.3) is 5.91 Å². The van der Waals surface area contributed by atoms with Gasteiger partial charge in [-0.25, -0.2) is 0 Å². The van der Waals surface area contributed by atoms with Crippen LogP contribution in [0.25, 0.3) is 0 Å². The molecule has 0 saturated carbocycles. The minimum Gasteiger partial charge on any atom is -0.376 e. The van der Waals surface area contributed by atoms with Crippen LogP contribution in [0.2, 0.25) is 0 Å². The highest BCUT2D eigenvalue weighted by Gasteiger charge is 2.16. The summed E-state index contributed by atoms with van der Waals surface area (Å²) in [5, 5.41) is 6.33. The molecular weight excluding hydrogens is 302 g/mol. The highest BCUT2D eigenvalue weighted by Crippen LogP contribution is 2.11. The van der Waals surface area contributed by atoms with E-state index < -0.39 is 0 Å². The van der Waals surface area contributed by atoms with Crippen molar-refractivity contribution in [3.8, 4) is 0 Å². The summed E-state index contributed by atoms with van der Waals surface area (Å²) in [6.45, 7) is 2.85. The monoisotopic (exact) mass is 325 g/mol. The van der Waals surface area contributed by atoms with Crippen molar-refractivity contribution in [2.24, 2.45) is 0 Å². The van der Waals surface area contributed by atoms with E-state index in [4.69, 9.17) is 4.74 Å². The van der Waals surface area contributed by atoms with E-state index in [9.17, 15) is 4.79 Å². The first-order valence-electron chi connectivity index (χ1n) is 8.39. The molecule has 1 aliphatic heterocycles. The lowest BCUT2D eigenvalue weighted by Crippen LogP contribution is -2.31. The molecule has 3 rings (SSSR count). The second kappa shape index (κ2) is 8.57. The lowest BCUT2D eigenvalue weighted by Gasteiger charge is -2.11. The predicted octanol–water partition coefficient (Wildman–Crippen LogP) is 2.28. The molecule has 2 heterocycles. The normalized spacial score (nSPS) is 16.9. The van der Waals surface area contributed by atoms with Crippen molar-refractivity contribution in [3.63, 3.8) is 0 Å². The van der Waals surface area contributed by atoms with Gasteiger partial charge in [-0.1, -0.05) is 18.2 Å². The topological polar surface area (TPSA) is 63.2 Å². The van der Waals surface area contributed by atoms with E-state index in [-0.39, 0.29) is 12.0 Å². The van der Waals surface area contributed by atoms with Crippen LogP contribution in [0.4, 0.5) is 0 Å². The fraction of sp³-hybridized carbons (Fsp3) is 0.368. The standard InChI is InChI=1S/C19H23N3O2/c23-19(22-14-18-7-3-9-24-18)17-6-1-4-15(10-17)11-21-13-16-5-2-8-20-12-16/h1-2,4-6,8,10,12,18,21H,3,7,9,11,13-14H2,(H,22,23)/t18-/m1/s1. The largest absolute Gasteiger partial charge is 0.376 e. The molecule has 1 amide bonds. The molecule has 1 aromatic heterocycles. The van der Waals surface area contributed by atoms with Crippen LogP contribution in [0.1, 0.15) is 34.3 Å². The van der Waals surface area contributed by atoms with Crippen LogP contribution in [0.15, 0.2) is 48.8 Å². The molecule has 5 heteroatoms. The molecule has 126 valence electrons. The average Bonchev–Trinajstić information content (AvgIpc) is 3.14. The Kier molecular flexibility index (Phi) is 5.93. The highest BCUT2D eigenvalue weighted by atomic mass is 16.5. The Balaban J connectivity index is 1.48. The van der Waals surface area contributed by atoms with Crippen molar-refractivity contribution in [1.82, 2.24) is 15.6 Å². The van der Waals surface area contributed by atoms with E-state index >= 15 is 0 Å². The molecule has 1 aliphatic rings. The maximum absolute atomic E-state index is 12.3. The van der Waals surface area contributed by atoms with Crippen molar-refractivity contribution in [3.05, 3.63) is 65.5 Å². The van der Waals surface area contributed by atoms with Gasteiger partial charge in [0.15, 0.2) is 0 Å². The SMILES string of the molecule is O=C(NC[C@H]1CCCO1)c1cccc(CNCc2cccnc2)c1. The molecule has 0 bridgehead atoms. The number of carbonyl (C=O) groups is 1. The van der Waals surface area contributed by atoms with Crippen LogP contribution in [-0.2, 0) is 17.8 Å². The first-order valence-corrected chi connectivity index (χ1v) is 8.39. The lowest BCUT2D eigenvalue weighted by atomic mass is 10.1.